The van der Waals surface area contributed by atoms with Gasteiger partial charge in [0, 0.05) is 31.4 Å². The van der Waals surface area contributed by atoms with Gasteiger partial charge < -0.3 is 5.32 Å². The van der Waals surface area contributed by atoms with E-state index in [1.807, 2.05) is 24.1 Å². The molecule has 0 unspecified atom stereocenters. The Morgan fingerprint density at radius 1 is 1.15 bits per heavy atom. The van der Waals surface area contributed by atoms with E-state index in [1.54, 1.807) is 0 Å². The zero-order valence-corrected chi connectivity index (χ0v) is 11.9. The van der Waals surface area contributed by atoms with E-state index in [-0.39, 0.29) is 0 Å². The molecular weight excluding hydrogens is 246 g/mol. The highest BCUT2D eigenvalue weighted by molar-refractivity contribution is 5.86. The molecule has 0 aliphatic carbocycles. The Morgan fingerprint density at radius 2 is 1.95 bits per heavy atom. The average molecular weight is 265 g/mol. The molecule has 0 aliphatic heterocycles. The third-order valence-corrected chi connectivity index (χ3v) is 3.66. The molecule has 3 aromatic rings. The van der Waals surface area contributed by atoms with Crippen LogP contribution in [0.4, 0.5) is 0 Å². The maximum absolute atomic E-state index is 4.19. The van der Waals surface area contributed by atoms with Crippen molar-refractivity contribution in [2.75, 3.05) is 0 Å². The van der Waals surface area contributed by atoms with Gasteiger partial charge in [0.25, 0.3) is 0 Å². The minimum atomic E-state index is 0.307. The first-order valence-corrected chi connectivity index (χ1v) is 6.92. The smallest absolute Gasteiger partial charge is 0.0534 e. The summed E-state index contributed by atoms with van der Waals surface area (Å²) in [6.07, 6.45) is 3.95. The van der Waals surface area contributed by atoms with E-state index in [4.69, 9.17) is 0 Å². The van der Waals surface area contributed by atoms with Gasteiger partial charge in [0.05, 0.1) is 6.20 Å². The molecule has 2 aromatic carbocycles. The lowest BCUT2D eigenvalue weighted by Crippen LogP contribution is -2.18. The molecule has 0 saturated heterocycles. The van der Waals surface area contributed by atoms with Crippen molar-refractivity contribution >= 4 is 10.8 Å². The van der Waals surface area contributed by atoms with Gasteiger partial charge in [-0.05, 0) is 23.3 Å². The summed E-state index contributed by atoms with van der Waals surface area (Å²) in [7, 11) is 1.94. The monoisotopic (exact) mass is 265 g/mol. The van der Waals surface area contributed by atoms with Crippen molar-refractivity contribution in [3.63, 3.8) is 0 Å². The summed E-state index contributed by atoms with van der Waals surface area (Å²) in [6.45, 7) is 3.04. The second-order valence-electron chi connectivity index (χ2n) is 5.19. The third kappa shape index (κ3) is 2.58. The average Bonchev–Trinajstić information content (AvgIpc) is 2.90. The van der Waals surface area contributed by atoms with Crippen LogP contribution in [0.5, 0.6) is 0 Å². The molecule has 0 amide bonds. The van der Waals surface area contributed by atoms with E-state index < -0.39 is 0 Å². The third-order valence-electron chi connectivity index (χ3n) is 3.66. The fraction of sp³-hybridized carbons (Fsp3) is 0.235. The number of aryl methyl sites for hydroxylation is 1. The SMILES string of the molecule is C[C@H](NCc1cnn(C)c1)c1cccc2ccccc12. The molecule has 1 N–H and O–H groups in total. The summed E-state index contributed by atoms with van der Waals surface area (Å²) >= 11 is 0. The lowest BCUT2D eigenvalue weighted by atomic mass is 9.99. The second kappa shape index (κ2) is 5.47. The first-order valence-electron chi connectivity index (χ1n) is 6.92. The summed E-state index contributed by atoms with van der Waals surface area (Å²) in [5.41, 5.74) is 2.55. The first kappa shape index (κ1) is 12.9. The lowest BCUT2D eigenvalue weighted by Gasteiger charge is -2.16. The topological polar surface area (TPSA) is 29.9 Å². The summed E-state index contributed by atoms with van der Waals surface area (Å²) in [6, 6.07) is 15.3. The van der Waals surface area contributed by atoms with Gasteiger partial charge in [-0.3, -0.25) is 4.68 Å². The van der Waals surface area contributed by atoms with Crippen LogP contribution in [-0.2, 0) is 13.6 Å². The van der Waals surface area contributed by atoms with Crippen LogP contribution in [0, 0.1) is 0 Å². The number of rotatable bonds is 4. The lowest BCUT2D eigenvalue weighted by molar-refractivity contribution is 0.578. The van der Waals surface area contributed by atoms with Crippen LogP contribution in [-0.4, -0.2) is 9.78 Å². The van der Waals surface area contributed by atoms with E-state index in [2.05, 4.69) is 59.8 Å². The number of hydrogen-bond acceptors (Lipinski definition) is 2. The number of fused-ring (bicyclic) bond motifs is 1. The number of aromatic nitrogens is 2. The Kier molecular flexibility index (Phi) is 3.52. The van der Waals surface area contributed by atoms with Crippen LogP contribution < -0.4 is 5.32 Å². The van der Waals surface area contributed by atoms with Crippen molar-refractivity contribution in [1.29, 1.82) is 0 Å². The van der Waals surface area contributed by atoms with Gasteiger partial charge >= 0.3 is 0 Å². The van der Waals surface area contributed by atoms with Crippen LogP contribution in [0.3, 0.4) is 0 Å². The van der Waals surface area contributed by atoms with Gasteiger partial charge in [0.2, 0.25) is 0 Å². The minimum absolute atomic E-state index is 0.307. The predicted octanol–water partition coefficient (Wildman–Crippen LogP) is 3.42. The van der Waals surface area contributed by atoms with Gasteiger partial charge in [-0.25, -0.2) is 0 Å². The Morgan fingerprint density at radius 3 is 2.75 bits per heavy atom. The fourth-order valence-electron chi connectivity index (χ4n) is 2.57. The Bertz CT molecular complexity index is 710. The molecule has 3 heteroatoms. The quantitative estimate of drug-likeness (QED) is 0.783. The van der Waals surface area contributed by atoms with E-state index in [1.165, 1.54) is 21.9 Å². The number of nitrogens with zero attached hydrogens (tertiary/aromatic N) is 2. The molecule has 0 saturated carbocycles. The predicted molar refractivity (Wildman–Crippen MR) is 82.4 cm³/mol. The molecule has 0 bridgehead atoms. The van der Waals surface area contributed by atoms with Crippen LogP contribution in [0.2, 0.25) is 0 Å². The summed E-state index contributed by atoms with van der Waals surface area (Å²) in [5, 5.41) is 10.4. The first-order chi connectivity index (χ1) is 9.74. The highest BCUT2D eigenvalue weighted by Gasteiger charge is 2.08. The minimum Gasteiger partial charge on any atom is -0.306 e. The van der Waals surface area contributed by atoms with Crippen molar-refractivity contribution in [2.24, 2.45) is 7.05 Å². The molecule has 0 radical (unpaired) electrons. The van der Waals surface area contributed by atoms with Crippen LogP contribution in [0.25, 0.3) is 10.8 Å². The molecule has 1 aromatic heterocycles. The molecule has 20 heavy (non-hydrogen) atoms. The van der Waals surface area contributed by atoms with E-state index in [9.17, 15) is 0 Å². The largest absolute Gasteiger partial charge is 0.306 e. The van der Waals surface area contributed by atoms with Crippen molar-refractivity contribution < 1.29 is 0 Å². The number of hydrogen-bond donors (Lipinski definition) is 1. The number of nitrogens with one attached hydrogen (secondary N) is 1. The van der Waals surface area contributed by atoms with E-state index in [0.717, 1.165) is 6.54 Å². The molecule has 0 aliphatic rings. The molecule has 0 spiro atoms. The van der Waals surface area contributed by atoms with Crippen molar-refractivity contribution in [3.8, 4) is 0 Å². The van der Waals surface area contributed by atoms with Gasteiger partial charge in [-0.15, -0.1) is 0 Å². The van der Waals surface area contributed by atoms with E-state index >= 15 is 0 Å². The Labute approximate surface area is 119 Å². The zero-order chi connectivity index (χ0) is 13.9. The molecular formula is C17H19N3. The Hall–Kier alpha value is -2.13. The van der Waals surface area contributed by atoms with Gasteiger partial charge in [0.1, 0.15) is 0 Å². The zero-order valence-electron chi connectivity index (χ0n) is 11.9. The maximum Gasteiger partial charge on any atom is 0.0534 e. The molecule has 1 atom stereocenters. The molecule has 3 rings (SSSR count). The summed E-state index contributed by atoms with van der Waals surface area (Å²) in [5.74, 6) is 0. The van der Waals surface area contributed by atoms with Crippen LogP contribution >= 0.6 is 0 Å². The fourth-order valence-corrected chi connectivity index (χ4v) is 2.57. The van der Waals surface area contributed by atoms with Gasteiger partial charge in [-0.2, -0.15) is 5.10 Å². The molecule has 3 nitrogen and oxygen atoms in total. The van der Waals surface area contributed by atoms with Crippen molar-refractivity contribution in [1.82, 2.24) is 15.1 Å². The van der Waals surface area contributed by atoms with Gasteiger partial charge in [-0.1, -0.05) is 42.5 Å². The highest BCUT2D eigenvalue weighted by Crippen LogP contribution is 2.24. The van der Waals surface area contributed by atoms with Crippen molar-refractivity contribution in [2.45, 2.75) is 19.5 Å². The standard InChI is InChI=1S/C17H19N3/c1-13(18-10-14-11-19-20(2)12-14)16-9-5-7-15-6-3-4-8-17(15)16/h3-9,11-13,18H,10H2,1-2H3/t13-/m0/s1. The molecule has 0 fully saturated rings. The summed E-state index contributed by atoms with van der Waals surface area (Å²) in [4.78, 5) is 0. The molecule has 1 heterocycles. The van der Waals surface area contributed by atoms with Crippen molar-refractivity contribution in [3.05, 3.63) is 66.0 Å². The van der Waals surface area contributed by atoms with Crippen LogP contribution in [0.1, 0.15) is 24.1 Å². The Balaban J connectivity index is 1.80. The summed E-state index contributed by atoms with van der Waals surface area (Å²) < 4.78 is 1.83. The maximum atomic E-state index is 4.19. The number of benzene rings is 2. The van der Waals surface area contributed by atoms with Crippen LogP contribution in [0.15, 0.2) is 54.9 Å². The van der Waals surface area contributed by atoms with E-state index in [0.29, 0.717) is 6.04 Å². The van der Waals surface area contributed by atoms with Gasteiger partial charge in [0.15, 0.2) is 0 Å². The highest BCUT2D eigenvalue weighted by atomic mass is 15.2. The molecule has 102 valence electrons. The normalized spacial score (nSPS) is 12.7. The second-order valence-corrected chi connectivity index (χ2v) is 5.19.